The summed E-state index contributed by atoms with van der Waals surface area (Å²) in [6.07, 6.45) is 9.23. The fourth-order valence-corrected chi connectivity index (χ4v) is 5.80. The molecule has 0 aromatic heterocycles. The highest BCUT2D eigenvalue weighted by atomic mass is 28.4. The second kappa shape index (κ2) is 11.4. The Morgan fingerprint density at radius 3 is 2.54 bits per heavy atom. The van der Waals surface area contributed by atoms with Gasteiger partial charge in [-0.2, -0.15) is 8.78 Å². The van der Waals surface area contributed by atoms with E-state index in [2.05, 4.69) is 46.0 Å². The van der Waals surface area contributed by atoms with Crippen LogP contribution in [0.2, 0.25) is 18.1 Å². The number of para-hydroxylation sites is 1. The largest absolute Gasteiger partial charge is 0.487 e. The first-order chi connectivity index (χ1) is 16.4. The molecular formula is C28H40F2O4Si. The van der Waals surface area contributed by atoms with Crippen molar-refractivity contribution in [2.45, 2.75) is 89.1 Å². The lowest BCUT2D eigenvalue weighted by Crippen LogP contribution is -2.45. The molecule has 1 aliphatic carbocycles. The predicted octanol–water partition coefficient (Wildman–Crippen LogP) is 7.33. The van der Waals surface area contributed by atoms with Gasteiger partial charge in [-0.15, -0.1) is 0 Å². The molecule has 194 valence electrons. The monoisotopic (exact) mass is 506 g/mol. The molecule has 0 saturated heterocycles. The fourth-order valence-electron chi connectivity index (χ4n) is 4.44. The molecular weight excluding hydrogens is 466 g/mol. The third kappa shape index (κ3) is 7.74. The zero-order valence-corrected chi connectivity index (χ0v) is 22.6. The summed E-state index contributed by atoms with van der Waals surface area (Å²) >= 11 is 0. The van der Waals surface area contributed by atoms with Crippen molar-refractivity contribution in [3.8, 4) is 5.75 Å². The normalized spacial score (nSPS) is 27.3. The number of rotatable bonds is 7. The van der Waals surface area contributed by atoms with E-state index < -0.39 is 20.8 Å². The topological polar surface area (TPSA) is 44.8 Å². The number of hydrogen-bond acceptors (Lipinski definition) is 4. The van der Waals surface area contributed by atoms with E-state index in [0.717, 1.165) is 18.9 Å². The SMILES string of the molecule is CC(C)(C)[Si](C)(C)O[C@@H]1C[C@@H]2OC(=O)CCC/C=C\C[C@@H]2[C@H]1/C=C/C(F)(F)COc1ccccc1. The van der Waals surface area contributed by atoms with Gasteiger partial charge in [0.1, 0.15) is 11.9 Å². The van der Waals surface area contributed by atoms with E-state index in [0.29, 0.717) is 25.0 Å². The Morgan fingerprint density at radius 2 is 1.86 bits per heavy atom. The molecule has 0 unspecified atom stereocenters. The number of alkyl halides is 2. The van der Waals surface area contributed by atoms with Crippen LogP contribution in [0.4, 0.5) is 8.78 Å². The van der Waals surface area contributed by atoms with Gasteiger partial charge in [-0.05, 0) is 55.6 Å². The summed E-state index contributed by atoms with van der Waals surface area (Å²) in [6, 6.07) is 8.62. The number of hydrogen-bond donors (Lipinski definition) is 0. The van der Waals surface area contributed by atoms with Crippen LogP contribution in [0.5, 0.6) is 5.75 Å². The zero-order valence-electron chi connectivity index (χ0n) is 21.6. The molecule has 35 heavy (non-hydrogen) atoms. The van der Waals surface area contributed by atoms with Gasteiger partial charge in [0.25, 0.3) is 5.92 Å². The standard InChI is InChI=1S/C28H40F2O4Si/c1-27(2,3)35(4,5)34-25-19-24-22(15-11-6-7-12-16-26(31)33-24)23(25)17-18-28(29,30)20-32-21-13-9-8-10-14-21/h6,8-11,13-14,17-18,22-25H,7,12,15-16,19-20H2,1-5H3/b11-6-,18-17+/t22-,23-,24+,25-/m1/s1. The predicted molar refractivity (Wildman–Crippen MR) is 137 cm³/mol. The molecule has 1 saturated carbocycles. The van der Waals surface area contributed by atoms with Gasteiger partial charge in [-0.1, -0.05) is 57.2 Å². The van der Waals surface area contributed by atoms with Gasteiger partial charge in [0.15, 0.2) is 14.9 Å². The third-order valence-corrected chi connectivity index (χ3v) is 12.0. The molecule has 0 spiro atoms. The van der Waals surface area contributed by atoms with Crippen molar-refractivity contribution in [3.63, 3.8) is 0 Å². The van der Waals surface area contributed by atoms with Crippen LogP contribution in [0, 0.1) is 11.8 Å². The van der Waals surface area contributed by atoms with Crippen molar-refractivity contribution < 1.29 is 27.5 Å². The highest BCUT2D eigenvalue weighted by Gasteiger charge is 2.49. The van der Waals surface area contributed by atoms with Crippen LogP contribution in [0.15, 0.2) is 54.6 Å². The van der Waals surface area contributed by atoms with E-state index in [1.807, 2.05) is 6.07 Å². The summed E-state index contributed by atoms with van der Waals surface area (Å²) in [4.78, 5) is 12.4. The van der Waals surface area contributed by atoms with Crippen LogP contribution in [0.1, 0.15) is 52.9 Å². The summed E-state index contributed by atoms with van der Waals surface area (Å²) in [5.74, 6) is -3.34. The summed E-state index contributed by atoms with van der Waals surface area (Å²) in [5.41, 5.74) is 0. The molecule has 1 fully saturated rings. The molecule has 1 aromatic rings. The van der Waals surface area contributed by atoms with Crippen molar-refractivity contribution in [1.82, 2.24) is 0 Å². The van der Waals surface area contributed by atoms with Crippen LogP contribution in [0.3, 0.4) is 0 Å². The lowest BCUT2D eigenvalue weighted by atomic mass is 9.89. The van der Waals surface area contributed by atoms with Crippen molar-refractivity contribution in [1.29, 1.82) is 0 Å². The van der Waals surface area contributed by atoms with Gasteiger partial charge >= 0.3 is 5.97 Å². The molecule has 2 aliphatic rings. The van der Waals surface area contributed by atoms with Gasteiger partial charge in [-0.25, -0.2) is 0 Å². The molecule has 0 radical (unpaired) electrons. The summed E-state index contributed by atoms with van der Waals surface area (Å²) in [7, 11) is -2.18. The summed E-state index contributed by atoms with van der Waals surface area (Å²) in [5, 5.41) is -0.0260. The number of halogens is 2. The van der Waals surface area contributed by atoms with Gasteiger partial charge in [0.2, 0.25) is 0 Å². The molecule has 0 bridgehead atoms. The van der Waals surface area contributed by atoms with Gasteiger partial charge in [-0.3, -0.25) is 4.79 Å². The minimum absolute atomic E-state index is 0.0260. The Hall–Kier alpha value is -1.99. The maximum atomic E-state index is 14.8. The lowest BCUT2D eigenvalue weighted by Gasteiger charge is -2.39. The number of ether oxygens (including phenoxy) is 2. The summed E-state index contributed by atoms with van der Waals surface area (Å²) < 4.78 is 47.6. The maximum absolute atomic E-state index is 14.8. The van der Waals surface area contributed by atoms with Gasteiger partial charge in [0, 0.05) is 24.7 Å². The molecule has 4 nitrogen and oxygen atoms in total. The molecule has 7 heteroatoms. The van der Waals surface area contributed by atoms with Gasteiger partial charge in [0.05, 0.1) is 6.10 Å². The number of fused-ring (bicyclic) bond motifs is 1. The van der Waals surface area contributed by atoms with Crippen molar-refractivity contribution >= 4 is 14.3 Å². The lowest BCUT2D eigenvalue weighted by molar-refractivity contribution is -0.151. The quantitative estimate of drug-likeness (QED) is 0.221. The smallest absolute Gasteiger partial charge is 0.306 e. The number of benzene rings is 1. The number of carbonyl (C=O) groups excluding carboxylic acids is 1. The number of esters is 1. The Bertz CT molecular complexity index is 892. The number of allylic oxidation sites excluding steroid dienone is 2. The molecule has 3 rings (SSSR count). The summed E-state index contributed by atoms with van der Waals surface area (Å²) in [6.45, 7) is 10.1. The minimum atomic E-state index is -3.14. The van der Waals surface area contributed by atoms with Crippen LogP contribution in [-0.4, -0.2) is 39.0 Å². The molecule has 1 aromatic carbocycles. The minimum Gasteiger partial charge on any atom is -0.487 e. The van der Waals surface area contributed by atoms with E-state index in [-0.39, 0.29) is 35.1 Å². The maximum Gasteiger partial charge on any atom is 0.306 e. The van der Waals surface area contributed by atoms with Crippen molar-refractivity contribution in [2.75, 3.05) is 6.61 Å². The van der Waals surface area contributed by atoms with Crippen molar-refractivity contribution in [2.24, 2.45) is 11.8 Å². The van der Waals surface area contributed by atoms with E-state index in [9.17, 15) is 13.6 Å². The Labute approximate surface area is 209 Å². The molecule has 0 amide bonds. The third-order valence-electron chi connectivity index (χ3n) is 7.46. The average molecular weight is 507 g/mol. The average Bonchev–Trinajstić information content (AvgIpc) is 3.08. The van der Waals surface area contributed by atoms with Crippen LogP contribution < -0.4 is 4.74 Å². The first-order valence-electron chi connectivity index (χ1n) is 12.7. The van der Waals surface area contributed by atoms with Crippen LogP contribution >= 0.6 is 0 Å². The second-order valence-corrected chi connectivity index (χ2v) is 16.0. The van der Waals surface area contributed by atoms with Crippen LogP contribution in [-0.2, 0) is 14.0 Å². The first-order valence-corrected chi connectivity index (χ1v) is 15.6. The first kappa shape index (κ1) is 27.6. The van der Waals surface area contributed by atoms with E-state index >= 15 is 0 Å². The highest BCUT2D eigenvalue weighted by molar-refractivity contribution is 6.74. The molecule has 1 heterocycles. The number of carbonyl (C=O) groups is 1. The Morgan fingerprint density at radius 1 is 1.14 bits per heavy atom. The van der Waals surface area contributed by atoms with E-state index in [1.165, 1.54) is 0 Å². The molecule has 4 atom stereocenters. The molecule has 0 N–H and O–H groups in total. The fraction of sp³-hybridized carbons (Fsp3) is 0.607. The second-order valence-electron chi connectivity index (χ2n) is 11.2. The zero-order chi connectivity index (χ0) is 25.7. The Kier molecular flexibility index (Phi) is 8.97. The van der Waals surface area contributed by atoms with E-state index in [1.54, 1.807) is 30.3 Å². The van der Waals surface area contributed by atoms with Crippen LogP contribution in [0.25, 0.3) is 0 Å². The molecule has 1 aliphatic heterocycles. The van der Waals surface area contributed by atoms with E-state index in [4.69, 9.17) is 13.9 Å². The highest BCUT2D eigenvalue weighted by Crippen LogP contribution is 2.45. The van der Waals surface area contributed by atoms with Crippen molar-refractivity contribution in [3.05, 3.63) is 54.6 Å². The van der Waals surface area contributed by atoms with Gasteiger partial charge < -0.3 is 13.9 Å². The Balaban J connectivity index is 1.83.